The minimum absolute atomic E-state index is 0.0938. The Kier molecular flexibility index (Phi) is 4.46. The molecule has 1 unspecified atom stereocenters. The average Bonchev–Trinajstić information content (AvgIpc) is 2.92. The average molecular weight is 279 g/mol. The van der Waals surface area contributed by atoms with Crippen LogP contribution in [0.5, 0.6) is 0 Å². The van der Waals surface area contributed by atoms with E-state index >= 15 is 0 Å². The number of fused-ring (bicyclic) bond motifs is 1. The van der Waals surface area contributed by atoms with Crippen molar-refractivity contribution in [3.05, 3.63) is 22.2 Å². The molecule has 0 saturated carbocycles. The lowest BCUT2D eigenvalue weighted by Gasteiger charge is -2.17. The first-order valence-corrected chi connectivity index (χ1v) is 6.53. The van der Waals surface area contributed by atoms with Gasteiger partial charge in [0, 0.05) is 18.7 Å². The zero-order chi connectivity index (χ0) is 14.5. The molecule has 1 heterocycles. The van der Waals surface area contributed by atoms with Crippen molar-refractivity contribution in [2.75, 3.05) is 11.9 Å². The van der Waals surface area contributed by atoms with Gasteiger partial charge in [0.1, 0.15) is 0 Å². The van der Waals surface area contributed by atoms with E-state index in [1.54, 1.807) is 6.07 Å². The van der Waals surface area contributed by atoms with Crippen molar-refractivity contribution in [2.45, 2.75) is 32.2 Å². The summed E-state index contributed by atoms with van der Waals surface area (Å²) < 4.78 is 4.62. The zero-order valence-electron chi connectivity index (χ0n) is 11.2. The highest BCUT2D eigenvalue weighted by Crippen LogP contribution is 2.29. The van der Waals surface area contributed by atoms with E-state index in [1.807, 2.05) is 0 Å². The molecule has 0 bridgehead atoms. The van der Waals surface area contributed by atoms with Crippen LogP contribution in [-0.4, -0.2) is 27.8 Å². The summed E-state index contributed by atoms with van der Waals surface area (Å²) in [6.07, 6.45) is 3.07. The Balaban J connectivity index is 2.29. The molecular weight excluding hydrogens is 262 g/mol. The third kappa shape index (κ3) is 2.85. The predicted octanol–water partition coefficient (Wildman–Crippen LogP) is 2.06. The van der Waals surface area contributed by atoms with Gasteiger partial charge in [0.25, 0.3) is 0 Å². The molecule has 8 nitrogen and oxygen atoms in total. The number of anilines is 1. The quantitative estimate of drug-likeness (QED) is 0.587. The molecule has 3 N–H and O–H groups in total. The van der Waals surface area contributed by atoms with Crippen LogP contribution in [0.25, 0.3) is 11.0 Å². The molecule has 0 spiro atoms. The lowest BCUT2D eigenvalue weighted by atomic mass is 10.1. The SMILES string of the molecule is CCCCC(CN)Nc1ccc([N+](=O)[O-])c2nonc12. The number of nitrogens with one attached hydrogen (secondary N) is 1. The maximum Gasteiger partial charge on any atom is 0.300 e. The largest absolute Gasteiger partial charge is 0.379 e. The van der Waals surface area contributed by atoms with E-state index in [0.717, 1.165) is 19.3 Å². The van der Waals surface area contributed by atoms with Crippen molar-refractivity contribution < 1.29 is 9.55 Å². The topological polar surface area (TPSA) is 120 Å². The van der Waals surface area contributed by atoms with Crippen molar-refractivity contribution in [2.24, 2.45) is 5.73 Å². The third-order valence-electron chi connectivity index (χ3n) is 3.14. The molecule has 0 radical (unpaired) electrons. The molecule has 1 aromatic carbocycles. The minimum atomic E-state index is -0.506. The lowest BCUT2D eigenvalue weighted by Crippen LogP contribution is -2.28. The standard InChI is InChI=1S/C12H17N5O3/c1-2-3-4-8(7-13)14-9-5-6-10(17(18)19)12-11(9)15-20-16-12/h5-6,8,14H,2-4,7,13H2,1H3. The van der Waals surface area contributed by atoms with E-state index in [-0.39, 0.29) is 17.2 Å². The highest BCUT2D eigenvalue weighted by molar-refractivity contribution is 5.93. The fraction of sp³-hybridized carbons (Fsp3) is 0.500. The molecule has 0 aliphatic heterocycles. The van der Waals surface area contributed by atoms with E-state index in [9.17, 15) is 10.1 Å². The first-order chi connectivity index (χ1) is 9.67. The predicted molar refractivity (Wildman–Crippen MR) is 74.4 cm³/mol. The summed E-state index contributed by atoms with van der Waals surface area (Å²) in [6, 6.07) is 3.10. The summed E-state index contributed by atoms with van der Waals surface area (Å²) >= 11 is 0. The number of rotatable bonds is 7. The molecule has 1 atom stereocenters. The highest BCUT2D eigenvalue weighted by atomic mass is 16.6. The van der Waals surface area contributed by atoms with E-state index in [0.29, 0.717) is 17.7 Å². The van der Waals surface area contributed by atoms with E-state index < -0.39 is 4.92 Å². The molecule has 8 heteroatoms. The maximum atomic E-state index is 10.9. The van der Waals surface area contributed by atoms with Crippen molar-refractivity contribution in [3.8, 4) is 0 Å². The van der Waals surface area contributed by atoms with Gasteiger partial charge in [0.2, 0.25) is 5.52 Å². The molecular formula is C12H17N5O3. The molecule has 0 amide bonds. The molecule has 0 saturated heterocycles. The second-order valence-corrected chi connectivity index (χ2v) is 4.57. The fourth-order valence-corrected chi connectivity index (χ4v) is 2.04. The molecule has 0 aliphatic carbocycles. The Bertz CT molecular complexity index is 598. The number of unbranched alkanes of at least 4 members (excludes halogenated alkanes) is 1. The number of benzene rings is 1. The maximum absolute atomic E-state index is 10.9. The first-order valence-electron chi connectivity index (χ1n) is 6.53. The van der Waals surface area contributed by atoms with Crippen LogP contribution in [0.4, 0.5) is 11.4 Å². The van der Waals surface area contributed by atoms with Crippen LogP contribution in [-0.2, 0) is 0 Å². The highest BCUT2D eigenvalue weighted by Gasteiger charge is 2.20. The van der Waals surface area contributed by atoms with Gasteiger partial charge in [-0.2, -0.15) is 0 Å². The molecule has 2 aromatic rings. The number of nitro groups is 1. The van der Waals surface area contributed by atoms with Gasteiger partial charge in [-0.05, 0) is 22.8 Å². The van der Waals surface area contributed by atoms with Gasteiger partial charge in [0.15, 0.2) is 5.52 Å². The number of nitrogens with zero attached hydrogens (tertiary/aromatic N) is 3. The van der Waals surface area contributed by atoms with Crippen LogP contribution in [0, 0.1) is 10.1 Å². The van der Waals surface area contributed by atoms with Crippen LogP contribution in [0.1, 0.15) is 26.2 Å². The third-order valence-corrected chi connectivity index (χ3v) is 3.14. The van der Waals surface area contributed by atoms with Crippen molar-refractivity contribution in [1.29, 1.82) is 0 Å². The van der Waals surface area contributed by atoms with Crippen LogP contribution in [0.15, 0.2) is 16.8 Å². The number of hydrogen-bond donors (Lipinski definition) is 2. The second kappa shape index (κ2) is 6.29. The summed E-state index contributed by atoms with van der Waals surface area (Å²) in [5.74, 6) is 0. The van der Waals surface area contributed by atoms with Crippen LogP contribution in [0.3, 0.4) is 0 Å². The van der Waals surface area contributed by atoms with E-state index in [1.165, 1.54) is 6.07 Å². The van der Waals surface area contributed by atoms with Crippen molar-refractivity contribution in [1.82, 2.24) is 10.3 Å². The number of hydrogen-bond acceptors (Lipinski definition) is 7. The Morgan fingerprint density at radius 2 is 2.20 bits per heavy atom. The molecule has 0 fully saturated rings. The Morgan fingerprint density at radius 1 is 1.45 bits per heavy atom. The van der Waals surface area contributed by atoms with Crippen molar-refractivity contribution in [3.63, 3.8) is 0 Å². The molecule has 2 rings (SSSR count). The molecule has 20 heavy (non-hydrogen) atoms. The van der Waals surface area contributed by atoms with E-state index in [2.05, 4.69) is 27.2 Å². The van der Waals surface area contributed by atoms with Crippen LogP contribution in [0.2, 0.25) is 0 Å². The minimum Gasteiger partial charge on any atom is -0.379 e. The summed E-state index contributed by atoms with van der Waals surface area (Å²) in [7, 11) is 0. The molecule has 0 aliphatic rings. The number of nitrogens with two attached hydrogens (primary N) is 1. The second-order valence-electron chi connectivity index (χ2n) is 4.57. The van der Waals surface area contributed by atoms with Gasteiger partial charge in [-0.1, -0.05) is 19.8 Å². The number of aromatic nitrogens is 2. The van der Waals surface area contributed by atoms with Gasteiger partial charge in [-0.3, -0.25) is 10.1 Å². The Hall–Kier alpha value is -2.22. The first kappa shape index (κ1) is 14.2. The summed E-state index contributed by atoms with van der Waals surface area (Å²) in [4.78, 5) is 10.4. The smallest absolute Gasteiger partial charge is 0.300 e. The van der Waals surface area contributed by atoms with Gasteiger partial charge >= 0.3 is 5.69 Å². The Morgan fingerprint density at radius 3 is 2.85 bits per heavy atom. The monoisotopic (exact) mass is 279 g/mol. The summed E-state index contributed by atoms with van der Waals surface area (Å²) in [5, 5.41) is 21.5. The molecule has 108 valence electrons. The normalized spacial score (nSPS) is 12.5. The zero-order valence-corrected chi connectivity index (χ0v) is 11.2. The number of non-ortho nitro benzene ring substituents is 1. The van der Waals surface area contributed by atoms with Gasteiger partial charge in [-0.15, -0.1) is 0 Å². The summed E-state index contributed by atoms with van der Waals surface area (Å²) in [5.41, 5.74) is 6.76. The lowest BCUT2D eigenvalue weighted by molar-refractivity contribution is -0.383. The van der Waals surface area contributed by atoms with Crippen LogP contribution < -0.4 is 11.1 Å². The van der Waals surface area contributed by atoms with Gasteiger partial charge in [-0.25, -0.2) is 4.63 Å². The fourth-order valence-electron chi connectivity index (χ4n) is 2.04. The van der Waals surface area contributed by atoms with E-state index in [4.69, 9.17) is 5.73 Å². The van der Waals surface area contributed by atoms with Gasteiger partial charge < -0.3 is 11.1 Å². The van der Waals surface area contributed by atoms with Gasteiger partial charge in [0.05, 0.1) is 10.6 Å². The molecule has 1 aromatic heterocycles. The van der Waals surface area contributed by atoms with Crippen LogP contribution >= 0.6 is 0 Å². The summed E-state index contributed by atoms with van der Waals surface area (Å²) in [6.45, 7) is 2.59. The number of nitro benzene ring substituents is 1. The van der Waals surface area contributed by atoms with Crippen molar-refractivity contribution >= 4 is 22.4 Å². The Labute approximate surface area is 115 Å².